The summed E-state index contributed by atoms with van der Waals surface area (Å²) < 4.78 is 34.6. The Hall–Kier alpha value is -2.88. The van der Waals surface area contributed by atoms with Crippen LogP contribution in [0.25, 0.3) is 16.9 Å². The minimum atomic E-state index is -2.80. The van der Waals surface area contributed by atoms with E-state index in [1.165, 1.54) is 29.4 Å². The average Bonchev–Trinajstić information content (AvgIpc) is 2.87. The summed E-state index contributed by atoms with van der Waals surface area (Å²) in [6.45, 7) is 0. The maximum absolute atomic E-state index is 13.7. The highest BCUT2D eigenvalue weighted by Crippen LogP contribution is 2.36. The standard InChI is InChI=1S/C14H12F2N6OS/c1-22-11-10(12(15)16)9(6-20-13(11)21-14(22)24)23-8(4-17)7-5-18-2-3-19-7/h2-6,12H,17H2,1H3,(H,20,21,24). The molecule has 0 saturated carbocycles. The minimum Gasteiger partial charge on any atom is -0.451 e. The predicted octanol–water partition coefficient (Wildman–Crippen LogP) is 2.69. The Morgan fingerprint density at radius 2 is 2.17 bits per heavy atom. The number of H-pyrrole nitrogens is 1. The summed E-state index contributed by atoms with van der Waals surface area (Å²) in [5.41, 5.74) is 5.93. The molecule has 24 heavy (non-hydrogen) atoms. The van der Waals surface area contributed by atoms with Crippen LogP contribution in [0.3, 0.4) is 0 Å². The van der Waals surface area contributed by atoms with Gasteiger partial charge in [-0.25, -0.2) is 18.7 Å². The van der Waals surface area contributed by atoms with Gasteiger partial charge >= 0.3 is 0 Å². The number of aromatic nitrogens is 5. The lowest BCUT2D eigenvalue weighted by Crippen LogP contribution is -2.05. The molecule has 0 aromatic carbocycles. The van der Waals surface area contributed by atoms with E-state index in [9.17, 15) is 8.78 Å². The number of pyridine rings is 1. The third-order valence-corrected chi connectivity index (χ3v) is 3.70. The first-order chi connectivity index (χ1) is 11.5. The molecule has 0 radical (unpaired) electrons. The molecule has 3 heterocycles. The van der Waals surface area contributed by atoms with Gasteiger partial charge in [0.1, 0.15) is 5.69 Å². The second-order valence-electron chi connectivity index (χ2n) is 4.75. The molecular formula is C14H12F2N6OS. The van der Waals surface area contributed by atoms with E-state index >= 15 is 0 Å². The number of halogens is 2. The zero-order valence-electron chi connectivity index (χ0n) is 12.4. The van der Waals surface area contributed by atoms with Crippen LogP contribution in [0.2, 0.25) is 0 Å². The van der Waals surface area contributed by atoms with Crippen LogP contribution in [-0.4, -0.2) is 24.5 Å². The van der Waals surface area contributed by atoms with E-state index in [4.69, 9.17) is 22.7 Å². The Morgan fingerprint density at radius 3 is 2.79 bits per heavy atom. The first-order valence-corrected chi connectivity index (χ1v) is 7.15. The summed E-state index contributed by atoms with van der Waals surface area (Å²) >= 11 is 5.06. The molecule has 0 spiro atoms. The number of imidazole rings is 1. The fourth-order valence-electron chi connectivity index (χ4n) is 2.22. The van der Waals surface area contributed by atoms with Crippen LogP contribution in [0.5, 0.6) is 5.75 Å². The second kappa shape index (κ2) is 6.32. The molecule has 7 nitrogen and oxygen atoms in total. The number of aryl methyl sites for hydroxylation is 1. The molecule has 0 saturated heterocycles. The molecule has 3 N–H and O–H groups in total. The maximum Gasteiger partial charge on any atom is 0.269 e. The van der Waals surface area contributed by atoms with Gasteiger partial charge in [0.05, 0.1) is 23.5 Å². The molecule has 0 atom stereocenters. The summed E-state index contributed by atoms with van der Waals surface area (Å²) in [4.78, 5) is 14.8. The van der Waals surface area contributed by atoms with Crippen molar-refractivity contribution in [1.82, 2.24) is 24.5 Å². The quantitative estimate of drug-likeness (QED) is 0.555. The molecule has 0 bridgehead atoms. The Morgan fingerprint density at radius 1 is 1.38 bits per heavy atom. The van der Waals surface area contributed by atoms with E-state index in [2.05, 4.69) is 19.9 Å². The number of aromatic amines is 1. The van der Waals surface area contributed by atoms with Crippen LogP contribution in [-0.2, 0) is 7.05 Å². The number of rotatable bonds is 4. The number of nitrogens with two attached hydrogens (primary N) is 1. The molecule has 124 valence electrons. The highest BCUT2D eigenvalue weighted by molar-refractivity contribution is 7.71. The van der Waals surface area contributed by atoms with Crippen molar-refractivity contribution in [2.45, 2.75) is 6.43 Å². The summed E-state index contributed by atoms with van der Waals surface area (Å²) in [6, 6.07) is 0. The normalized spacial score (nSPS) is 12.1. The topological polar surface area (TPSA) is 94.6 Å². The van der Waals surface area contributed by atoms with Gasteiger partial charge < -0.3 is 20.0 Å². The van der Waals surface area contributed by atoms with Gasteiger partial charge in [0.15, 0.2) is 21.9 Å². The van der Waals surface area contributed by atoms with Crippen molar-refractivity contribution in [2.75, 3.05) is 0 Å². The van der Waals surface area contributed by atoms with Gasteiger partial charge in [-0.05, 0) is 12.2 Å². The fraction of sp³-hybridized carbons (Fsp3) is 0.143. The van der Waals surface area contributed by atoms with Crippen molar-refractivity contribution in [3.8, 4) is 5.75 Å². The highest BCUT2D eigenvalue weighted by atomic mass is 32.1. The number of ether oxygens (including phenoxy) is 1. The van der Waals surface area contributed by atoms with Crippen molar-refractivity contribution in [3.63, 3.8) is 0 Å². The predicted molar refractivity (Wildman–Crippen MR) is 85.7 cm³/mol. The second-order valence-corrected chi connectivity index (χ2v) is 5.13. The number of nitrogens with one attached hydrogen (secondary N) is 1. The molecule has 3 aromatic heterocycles. The van der Waals surface area contributed by atoms with Crippen molar-refractivity contribution >= 4 is 29.1 Å². The lowest BCUT2D eigenvalue weighted by Gasteiger charge is -2.13. The van der Waals surface area contributed by atoms with Crippen LogP contribution < -0.4 is 10.5 Å². The van der Waals surface area contributed by atoms with Crippen molar-refractivity contribution in [3.05, 3.63) is 47.0 Å². The zero-order valence-corrected chi connectivity index (χ0v) is 13.2. The summed E-state index contributed by atoms with van der Waals surface area (Å²) in [5.74, 6) is -0.0487. The lowest BCUT2D eigenvalue weighted by molar-refractivity contribution is 0.149. The Bertz CT molecular complexity index is 967. The van der Waals surface area contributed by atoms with E-state index in [1.807, 2.05) is 0 Å². The Labute approximate surface area is 139 Å². The molecule has 0 fully saturated rings. The monoisotopic (exact) mass is 350 g/mol. The van der Waals surface area contributed by atoms with Gasteiger partial charge in [0, 0.05) is 25.6 Å². The molecule has 0 amide bonds. The average molecular weight is 350 g/mol. The summed E-state index contributed by atoms with van der Waals surface area (Å²) in [5, 5.41) is 0. The molecule has 0 aliphatic rings. The SMILES string of the molecule is Cn1c(=S)[nH]c2ncc(OC(=CN)c3cnccn3)c(C(F)F)c21. The van der Waals surface area contributed by atoms with Gasteiger partial charge in [-0.15, -0.1) is 0 Å². The van der Waals surface area contributed by atoms with Gasteiger partial charge in [-0.2, -0.15) is 0 Å². The third-order valence-electron chi connectivity index (χ3n) is 3.33. The molecule has 0 aliphatic carbocycles. The van der Waals surface area contributed by atoms with E-state index in [0.717, 1.165) is 6.20 Å². The fourth-order valence-corrected chi connectivity index (χ4v) is 2.41. The number of hydrogen-bond acceptors (Lipinski definition) is 6. The summed E-state index contributed by atoms with van der Waals surface area (Å²) in [6.07, 6.45) is 3.83. The first kappa shape index (κ1) is 16.0. The number of hydrogen-bond donors (Lipinski definition) is 2. The largest absolute Gasteiger partial charge is 0.451 e. The third kappa shape index (κ3) is 2.71. The van der Waals surface area contributed by atoms with E-state index in [-0.39, 0.29) is 33.0 Å². The molecule has 0 unspecified atom stereocenters. The first-order valence-electron chi connectivity index (χ1n) is 6.74. The highest BCUT2D eigenvalue weighted by Gasteiger charge is 2.23. The molecule has 10 heteroatoms. The lowest BCUT2D eigenvalue weighted by atomic mass is 10.2. The Balaban J connectivity index is 2.14. The summed E-state index contributed by atoms with van der Waals surface area (Å²) in [7, 11) is 1.57. The van der Waals surface area contributed by atoms with Crippen LogP contribution >= 0.6 is 12.2 Å². The number of alkyl halides is 2. The zero-order chi connectivity index (χ0) is 17.3. The van der Waals surface area contributed by atoms with Gasteiger partial charge in [0.2, 0.25) is 0 Å². The molecular weight excluding hydrogens is 338 g/mol. The van der Waals surface area contributed by atoms with Crippen molar-refractivity contribution in [1.29, 1.82) is 0 Å². The van der Waals surface area contributed by atoms with Crippen molar-refractivity contribution in [2.24, 2.45) is 12.8 Å². The smallest absolute Gasteiger partial charge is 0.269 e. The Kier molecular flexibility index (Phi) is 4.21. The number of fused-ring (bicyclic) bond motifs is 1. The molecule has 3 rings (SSSR count). The van der Waals surface area contributed by atoms with Crippen molar-refractivity contribution < 1.29 is 13.5 Å². The van der Waals surface area contributed by atoms with E-state index in [0.29, 0.717) is 5.69 Å². The van der Waals surface area contributed by atoms with Crippen LogP contribution in [0.1, 0.15) is 17.7 Å². The minimum absolute atomic E-state index is 0.0861. The van der Waals surface area contributed by atoms with Crippen LogP contribution in [0.4, 0.5) is 8.78 Å². The van der Waals surface area contributed by atoms with Crippen LogP contribution in [0, 0.1) is 4.77 Å². The van der Waals surface area contributed by atoms with E-state index in [1.54, 1.807) is 7.05 Å². The molecule has 0 aliphatic heterocycles. The van der Waals surface area contributed by atoms with E-state index < -0.39 is 6.43 Å². The van der Waals surface area contributed by atoms with Crippen LogP contribution in [0.15, 0.2) is 31.0 Å². The number of nitrogens with zero attached hydrogens (tertiary/aromatic N) is 4. The van der Waals surface area contributed by atoms with Gasteiger partial charge in [-0.1, -0.05) is 0 Å². The maximum atomic E-state index is 13.7. The van der Waals surface area contributed by atoms with Gasteiger partial charge in [0.25, 0.3) is 6.43 Å². The van der Waals surface area contributed by atoms with Gasteiger partial charge in [-0.3, -0.25) is 4.98 Å². The molecule has 3 aromatic rings.